The second-order valence-electron chi connectivity index (χ2n) is 6.59. The number of anilines is 2. The van der Waals surface area contributed by atoms with Crippen molar-refractivity contribution in [2.75, 3.05) is 36.5 Å². The average molecular weight is 408 g/mol. The van der Waals surface area contributed by atoms with Gasteiger partial charge < -0.3 is 20.7 Å². The quantitative estimate of drug-likeness (QED) is 0.676. The van der Waals surface area contributed by atoms with Crippen molar-refractivity contribution in [1.82, 2.24) is 4.98 Å². The zero-order chi connectivity index (χ0) is 20.2. The largest absolute Gasteiger partial charge is 0.378 e. The molecule has 1 fully saturated rings. The molecule has 1 aliphatic rings. The highest BCUT2D eigenvalue weighted by molar-refractivity contribution is 7.14. The number of hydrogen-bond acceptors (Lipinski definition) is 6. The maximum atomic E-state index is 12.4. The molecule has 7 nitrogen and oxygen atoms in total. The molecule has 2 amide bonds. The summed E-state index contributed by atoms with van der Waals surface area (Å²) in [7, 11) is 0. The number of amides is 2. The minimum absolute atomic E-state index is 0.253. The van der Waals surface area contributed by atoms with E-state index in [-0.39, 0.29) is 5.91 Å². The first-order valence-corrected chi connectivity index (χ1v) is 10.1. The number of hydrogen-bond donors (Lipinski definition) is 2. The molecule has 8 heteroatoms. The number of nitrogens with one attached hydrogen (secondary N) is 1. The Morgan fingerprint density at radius 2 is 1.66 bits per heavy atom. The molecular formula is C21H20N4O3S. The fourth-order valence-electron chi connectivity index (χ4n) is 3.01. The summed E-state index contributed by atoms with van der Waals surface area (Å²) in [5.41, 5.74) is 8.62. The molecule has 0 atom stereocenters. The van der Waals surface area contributed by atoms with Crippen molar-refractivity contribution in [3.8, 4) is 11.3 Å². The summed E-state index contributed by atoms with van der Waals surface area (Å²) in [6.07, 6.45) is 0. The lowest BCUT2D eigenvalue weighted by Crippen LogP contribution is -2.36. The van der Waals surface area contributed by atoms with Crippen molar-refractivity contribution < 1.29 is 14.3 Å². The van der Waals surface area contributed by atoms with Gasteiger partial charge in [0.2, 0.25) is 5.91 Å². The Hall–Kier alpha value is -3.23. The van der Waals surface area contributed by atoms with Gasteiger partial charge in [-0.2, -0.15) is 0 Å². The third-order valence-corrected chi connectivity index (χ3v) is 5.55. The molecular weight excluding hydrogens is 388 g/mol. The van der Waals surface area contributed by atoms with Crippen LogP contribution in [0, 0.1) is 0 Å². The van der Waals surface area contributed by atoms with Crippen LogP contribution in [0.1, 0.15) is 20.7 Å². The number of thiazole rings is 1. The molecule has 0 unspecified atom stereocenters. The van der Waals surface area contributed by atoms with E-state index in [1.807, 2.05) is 29.6 Å². The van der Waals surface area contributed by atoms with E-state index in [4.69, 9.17) is 15.5 Å². The van der Waals surface area contributed by atoms with Crippen molar-refractivity contribution in [3.05, 3.63) is 65.0 Å². The van der Waals surface area contributed by atoms with Gasteiger partial charge in [-0.3, -0.25) is 9.59 Å². The lowest BCUT2D eigenvalue weighted by Gasteiger charge is -2.26. The normalized spacial score (nSPS) is 13.9. The van der Waals surface area contributed by atoms with E-state index in [1.54, 1.807) is 23.5 Å². The molecule has 0 bridgehead atoms. The zero-order valence-electron chi connectivity index (χ0n) is 15.6. The first-order chi connectivity index (χ1) is 14.1. The topological polar surface area (TPSA) is 97.5 Å². The molecule has 2 aromatic carbocycles. The van der Waals surface area contributed by atoms with Crippen LogP contribution in [-0.4, -0.2) is 43.1 Å². The van der Waals surface area contributed by atoms with Gasteiger partial charge in [-0.1, -0.05) is 12.1 Å². The predicted octanol–water partition coefficient (Wildman–Crippen LogP) is 3.00. The first-order valence-electron chi connectivity index (χ1n) is 9.20. The Kier molecular flexibility index (Phi) is 5.55. The molecule has 1 saturated heterocycles. The molecule has 3 aromatic rings. The number of benzene rings is 2. The molecule has 1 aromatic heterocycles. The van der Waals surface area contributed by atoms with Crippen LogP contribution in [0.15, 0.2) is 53.9 Å². The third-order valence-electron chi connectivity index (χ3n) is 4.64. The molecule has 2 heterocycles. The summed E-state index contributed by atoms with van der Waals surface area (Å²) in [6.45, 7) is 3.18. The predicted molar refractivity (Wildman–Crippen MR) is 113 cm³/mol. The second-order valence-corrected chi connectivity index (χ2v) is 7.42. The standard InChI is InChI=1S/C21H20N4O3S/c22-19(26)15-1-3-16(4-2-15)20(27)23-17-7-5-14(6-8-17)18-13-29-21(24-18)25-9-11-28-12-10-25/h1-8,13H,9-12H2,(H2,22,26)(H,23,27). The highest BCUT2D eigenvalue weighted by atomic mass is 32.1. The maximum Gasteiger partial charge on any atom is 0.255 e. The lowest BCUT2D eigenvalue weighted by molar-refractivity contribution is 0.0995. The molecule has 0 spiro atoms. The van der Waals surface area contributed by atoms with E-state index in [2.05, 4.69) is 10.2 Å². The summed E-state index contributed by atoms with van der Waals surface area (Å²) in [4.78, 5) is 30.5. The molecule has 0 saturated carbocycles. The minimum atomic E-state index is -0.522. The van der Waals surface area contributed by atoms with Gasteiger partial charge in [-0.15, -0.1) is 11.3 Å². The van der Waals surface area contributed by atoms with Gasteiger partial charge in [0.05, 0.1) is 18.9 Å². The third kappa shape index (κ3) is 4.44. The van der Waals surface area contributed by atoms with E-state index in [9.17, 15) is 9.59 Å². The van der Waals surface area contributed by atoms with Crippen LogP contribution in [0.4, 0.5) is 10.8 Å². The molecule has 29 heavy (non-hydrogen) atoms. The number of rotatable bonds is 5. The number of aromatic nitrogens is 1. The first kappa shape index (κ1) is 19.1. The van der Waals surface area contributed by atoms with Gasteiger partial charge >= 0.3 is 0 Å². The van der Waals surface area contributed by atoms with Crippen LogP contribution in [0.5, 0.6) is 0 Å². The number of ether oxygens (including phenoxy) is 1. The van der Waals surface area contributed by atoms with Gasteiger partial charge in [-0.25, -0.2) is 4.98 Å². The van der Waals surface area contributed by atoms with Crippen molar-refractivity contribution in [1.29, 1.82) is 0 Å². The van der Waals surface area contributed by atoms with E-state index in [0.29, 0.717) is 16.8 Å². The van der Waals surface area contributed by atoms with Gasteiger partial charge in [0, 0.05) is 40.8 Å². The Labute approximate surface area is 172 Å². The SMILES string of the molecule is NC(=O)c1ccc(C(=O)Nc2ccc(-c3csc(N4CCOCC4)n3)cc2)cc1. The van der Waals surface area contributed by atoms with E-state index in [0.717, 1.165) is 42.7 Å². The number of nitrogens with zero attached hydrogens (tertiary/aromatic N) is 2. The smallest absolute Gasteiger partial charge is 0.255 e. The average Bonchev–Trinajstić information content (AvgIpc) is 3.25. The van der Waals surface area contributed by atoms with Gasteiger partial charge in [-0.05, 0) is 36.4 Å². The van der Waals surface area contributed by atoms with Crippen LogP contribution >= 0.6 is 11.3 Å². The molecule has 4 rings (SSSR count). The van der Waals surface area contributed by atoms with Crippen LogP contribution in [0.25, 0.3) is 11.3 Å². The number of morpholine rings is 1. The number of carbonyl (C=O) groups excluding carboxylic acids is 2. The van der Waals surface area contributed by atoms with Crippen molar-refractivity contribution in [2.45, 2.75) is 0 Å². The molecule has 0 radical (unpaired) electrons. The Balaban J connectivity index is 1.42. The summed E-state index contributed by atoms with van der Waals surface area (Å²) in [5, 5.41) is 5.89. The number of carbonyl (C=O) groups is 2. The van der Waals surface area contributed by atoms with Crippen LogP contribution < -0.4 is 16.0 Å². The Morgan fingerprint density at radius 3 is 2.31 bits per heavy atom. The van der Waals surface area contributed by atoms with E-state index in [1.165, 1.54) is 12.1 Å². The van der Waals surface area contributed by atoms with Crippen molar-refractivity contribution >= 4 is 34.0 Å². The highest BCUT2D eigenvalue weighted by Gasteiger charge is 2.15. The summed E-state index contributed by atoms with van der Waals surface area (Å²) >= 11 is 1.62. The van der Waals surface area contributed by atoms with Crippen LogP contribution in [0.2, 0.25) is 0 Å². The highest BCUT2D eigenvalue weighted by Crippen LogP contribution is 2.28. The Bertz CT molecular complexity index is 1010. The fraction of sp³-hybridized carbons (Fsp3) is 0.190. The van der Waals surface area contributed by atoms with Crippen LogP contribution in [-0.2, 0) is 4.74 Å². The molecule has 0 aliphatic carbocycles. The monoisotopic (exact) mass is 408 g/mol. The minimum Gasteiger partial charge on any atom is -0.378 e. The van der Waals surface area contributed by atoms with E-state index >= 15 is 0 Å². The number of nitrogens with two attached hydrogens (primary N) is 1. The second kappa shape index (κ2) is 8.42. The fourth-order valence-corrected chi connectivity index (χ4v) is 3.90. The van der Waals surface area contributed by atoms with Gasteiger partial charge in [0.15, 0.2) is 5.13 Å². The zero-order valence-corrected chi connectivity index (χ0v) is 16.4. The Morgan fingerprint density at radius 1 is 1.00 bits per heavy atom. The molecule has 148 valence electrons. The maximum absolute atomic E-state index is 12.4. The summed E-state index contributed by atoms with van der Waals surface area (Å²) < 4.78 is 5.39. The van der Waals surface area contributed by atoms with Crippen LogP contribution in [0.3, 0.4) is 0 Å². The summed E-state index contributed by atoms with van der Waals surface area (Å²) in [6, 6.07) is 13.8. The lowest BCUT2D eigenvalue weighted by atomic mass is 10.1. The van der Waals surface area contributed by atoms with Gasteiger partial charge in [0.25, 0.3) is 5.91 Å². The van der Waals surface area contributed by atoms with Crippen molar-refractivity contribution in [2.24, 2.45) is 5.73 Å². The van der Waals surface area contributed by atoms with Gasteiger partial charge in [0.1, 0.15) is 0 Å². The summed E-state index contributed by atoms with van der Waals surface area (Å²) in [5.74, 6) is -0.775. The van der Waals surface area contributed by atoms with Crippen molar-refractivity contribution in [3.63, 3.8) is 0 Å². The molecule has 3 N–H and O–H groups in total. The molecule has 1 aliphatic heterocycles. The van der Waals surface area contributed by atoms with E-state index < -0.39 is 5.91 Å². The number of primary amides is 1.